The largest absolute Gasteiger partial charge is 0.487 e. The van der Waals surface area contributed by atoms with Crippen molar-refractivity contribution < 1.29 is 31.1 Å². The molecule has 4 aromatic rings. The lowest BCUT2D eigenvalue weighted by atomic mass is 10.0. The van der Waals surface area contributed by atoms with Gasteiger partial charge >= 0.3 is 6.18 Å². The van der Waals surface area contributed by atoms with Gasteiger partial charge in [0.2, 0.25) is 10.0 Å². The lowest BCUT2D eigenvalue weighted by molar-refractivity contribution is -0.137. The molecule has 0 aliphatic heterocycles. The van der Waals surface area contributed by atoms with Crippen LogP contribution in [-0.2, 0) is 22.8 Å². The number of hydrogen-bond donors (Lipinski definition) is 2. The highest BCUT2D eigenvalue weighted by molar-refractivity contribution is 7.92. The third-order valence-electron chi connectivity index (χ3n) is 5.46. The third-order valence-corrected chi connectivity index (χ3v) is 6.05. The van der Waals surface area contributed by atoms with E-state index in [1.165, 1.54) is 30.3 Å². The monoisotopic (exact) mass is 540 g/mol. The van der Waals surface area contributed by atoms with Crippen molar-refractivity contribution in [2.45, 2.75) is 12.8 Å². The number of amides is 1. The summed E-state index contributed by atoms with van der Waals surface area (Å²) in [6.07, 6.45) is -3.41. The van der Waals surface area contributed by atoms with Crippen LogP contribution in [0.3, 0.4) is 0 Å². The molecule has 0 aliphatic rings. The van der Waals surface area contributed by atoms with E-state index in [4.69, 9.17) is 4.74 Å². The van der Waals surface area contributed by atoms with E-state index >= 15 is 0 Å². The van der Waals surface area contributed by atoms with Gasteiger partial charge in [0.25, 0.3) is 5.91 Å². The molecule has 4 aromatic carbocycles. The van der Waals surface area contributed by atoms with Crippen LogP contribution in [0.2, 0.25) is 0 Å². The second-order valence-corrected chi connectivity index (χ2v) is 10.2. The van der Waals surface area contributed by atoms with Crippen LogP contribution in [0.5, 0.6) is 5.75 Å². The highest BCUT2D eigenvalue weighted by Gasteiger charge is 2.30. The van der Waals surface area contributed by atoms with E-state index < -0.39 is 27.7 Å². The number of ether oxygens (including phenoxy) is 1. The van der Waals surface area contributed by atoms with Crippen molar-refractivity contribution in [1.82, 2.24) is 0 Å². The Morgan fingerprint density at radius 3 is 2.03 bits per heavy atom. The zero-order valence-corrected chi connectivity index (χ0v) is 20.9. The van der Waals surface area contributed by atoms with Crippen molar-refractivity contribution in [1.29, 1.82) is 0 Å². The molecule has 0 heterocycles. The molecule has 0 radical (unpaired) electrons. The molecule has 0 spiro atoms. The lowest BCUT2D eigenvalue weighted by Crippen LogP contribution is -2.15. The maximum absolute atomic E-state index is 12.9. The first-order chi connectivity index (χ1) is 18.0. The Hall–Kier alpha value is -4.31. The summed E-state index contributed by atoms with van der Waals surface area (Å²) < 4.78 is 70.3. The van der Waals surface area contributed by atoms with Gasteiger partial charge in [-0.15, -0.1) is 0 Å². The summed E-state index contributed by atoms with van der Waals surface area (Å²) in [5, 5.41) is 2.73. The van der Waals surface area contributed by atoms with E-state index in [1.54, 1.807) is 24.3 Å². The minimum absolute atomic E-state index is 0.119. The summed E-state index contributed by atoms with van der Waals surface area (Å²) in [6, 6.07) is 25.1. The van der Waals surface area contributed by atoms with Crippen LogP contribution in [0.15, 0.2) is 97.1 Å². The first-order valence-corrected chi connectivity index (χ1v) is 13.2. The van der Waals surface area contributed by atoms with E-state index in [0.717, 1.165) is 24.0 Å². The number of carbonyl (C=O) groups excluding carboxylic acids is 1. The second-order valence-electron chi connectivity index (χ2n) is 8.47. The summed E-state index contributed by atoms with van der Waals surface area (Å²) in [6.45, 7) is 0.204. The Morgan fingerprint density at radius 2 is 1.45 bits per heavy atom. The zero-order valence-electron chi connectivity index (χ0n) is 20.1. The first kappa shape index (κ1) is 26.7. The van der Waals surface area contributed by atoms with Gasteiger partial charge in [0.1, 0.15) is 12.4 Å². The molecule has 0 bridgehead atoms. The van der Waals surface area contributed by atoms with Gasteiger partial charge in [-0.1, -0.05) is 54.6 Å². The van der Waals surface area contributed by atoms with E-state index in [9.17, 15) is 26.4 Å². The number of rotatable bonds is 8. The van der Waals surface area contributed by atoms with Crippen LogP contribution >= 0.6 is 0 Å². The molecule has 10 heteroatoms. The summed E-state index contributed by atoms with van der Waals surface area (Å²) >= 11 is 0. The second kappa shape index (κ2) is 11.0. The number of hydrogen-bond acceptors (Lipinski definition) is 4. The number of anilines is 2. The molecule has 1 amide bonds. The lowest BCUT2D eigenvalue weighted by Gasteiger charge is -2.14. The summed E-state index contributed by atoms with van der Waals surface area (Å²) in [7, 11) is -3.65. The standard InChI is InChI=1S/C28H23F3N2O4S/c1-38(35,36)33-25-17-22(11-16-26(25)37-18-19-5-3-2-4-6-19)27(34)32-24-14-9-21(10-15-24)20-7-12-23(13-8-20)28(29,30)31/h2-17,33H,18H2,1H3,(H,32,34). The van der Waals surface area contributed by atoms with Gasteiger partial charge in [0.05, 0.1) is 17.5 Å². The molecule has 2 N–H and O–H groups in total. The van der Waals surface area contributed by atoms with Gasteiger partial charge in [-0.05, 0) is 59.2 Å². The average molecular weight is 541 g/mol. The fraction of sp³-hybridized carbons (Fsp3) is 0.107. The number of sulfonamides is 1. The molecule has 0 unspecified atom stereocenters. The number of halogens is 3. The Balaban J connectivity index is 1.48. The SMILES string of the molecule is CS(=O)(=O)Nc1cc(C(=O)Nc2ccc(-c3ccc(C(F)(F)F)cc3)cc2)ccc1OCc1ccccc1. The van der Waals surface area contributed by atoms with Crippen molar-refractivity contribution in [2.75, 3.05) is 16.3 Å². The van der Waals surface area contributed by atoms with Crippen LogP contribution in [0.1, 0.15) is 21.5 Å². The smallest absolute Gasteiger partial charge is 0.416 e. The molecule has 38 heavy (non-hydrogen) atoms. The number of alkyl halides is 3. The minimum atomic E-state index is -4.41. The molecule has 0 saturated carbocycles. The van der Waals surface area contributed by atoms with E-state index in [2.05, 4.69) is 10.0 Å². The van der Waals surface area contributed by atoms with Gasteiger partial charge < -0.3 is 10.1 Å². The summed E-state index contributed by atoms with van der Waals surface area (Å²) in [4.78, 5) is 12.9. The van der Waals surface area contributed by atoms with E-state index in [-0.39, 0.29) is 23.6 Å². The molecule has 0 atom stereocenters. The molecule has 0 fully saturated rings. The van der Waals surface area contributed by atoms with Gasteiger partial charge in [-0.2, -0.15) is 13.2 Å². The normalized spacial score (nSPS) is 11.6. The van der Waals surface area contributed by atoms with Gasteiger partial charge in [0, 0.05) is 11.3 Å². The van der Waals surface area contributed by atoms with Crippen molar-refractivity contribution in [3.8, 4) is 16.9 Å². The maximum Gasteiger partial charge on any atom is 0.416 e. The predicted molar refractivity (Wildman–Crippen MR) is 141 cm³/mol. The molecule has 0 saturated heterocycles. The van der Waals surface area contributed by atoms with Crippen molar-refractivity contribution >= 4 is 27.3 Å². The van der Waals surface area contributed by atoms with Crippen LogP contribution < -0.4 is 14.8 Å². The number of carbonyl (C=O) groups is 1. The number of nitrogens with one attached hydrogen (secondary N) is 2. The van der Waals surface area contributed by atoms with Crippen LogP contribution in [-0.4, -0.2) is 20.6 Å². The first-order valence-electron chi connectivity index (χ1n) is 11.4. The Bertz CT molecular complexity index is 1520. The van der Waals surface area contributed by atoms with E-state index in [0.29, 0.717) is 16.8 Å². The van der Waals surface area contributed by atoms with E-state index in [1.807, 2.05) is 30.3 Å². The van der Waals surface area contributed by atoms with Crippen molar-refractivity contribution in [2.24, 2.45) is 0 Å². The quantitative estimate of drug-likeness (QED) is 0.265. The minimum Gasteiger partial charge on any atom is -0.487 e. The maximum atomic E-state index is 12.9. The van der Waals surface area contributed by atoms with Gasteiger partial charge in [-0.25, -0.2) is 8.42 Å². The van der Waals surface area contributed by atoms with Crippen LogP contribution in [0, 0.1) is 0 Å². The molecule has 0 aromatic heterocycles. The highest BCUT2D eigenvalue weighted by Crippen LogP contribution is 2.32. The molecule has 196 valence electrons. The van der Waals surface area contributed by atoms with Crippen LogP contribution in [0.25, 0.3) is 11.1 Å². The topological polar surface area (TPSA) is 84.5 Å². The molecular weight excluding hydrogens is 517 g/mol. The molecule has 4 rings (SSSR count). The Kier molecular flexibility index (Phi) is 7.72. The summed E-state index contributed by atoms with van der Waals surface area (Å²) in [5.41, 5.74) is 2.19. The highest BCUT2D eigenvalue weighted by atomic mass is 32.2. The zero-order chi connectivity index (χ0) is 27.3. The van der Waals surface area contributed by atoms with Crippen molar-refractivity contribution in [3.05, 3.63) is 114 Å². The predicted octanol–water partition coefficient (Wildman–Crippen LogP) is 6.58. The third kappa shape index (κ3) is 7.13. The fourth-order valence-corrected chi connectivity index (χ4v) is 4.17. The average Bonchev–Trinajstić information content (AvgIpc) is 2.87. The molecular formula is C28H23F3N2O4S. The fourth-order valence-electron chi connectivity index (χ4n) is 3.61. The molecule has 6 nitrogen and oxygen atoms in total. The Morgan fingerprint density at radius 1 is 0.842 bits per heavy atom. The Labute approximate surface area is 218 Å². The van der Waals surface area contributed by atoms with Crippen LogP contribution in [0.4, 0.5) is 24.5 Å². The number of benzene rings is 4. The molecule has 0 aliphatic carbocycles. The van der Waals surface area contributed by atoms with Gasteiger partial charge in [0.15, 0.2) is 0 Å². The van der Waals surface area contributed by atoms with Crippen molar-refractivity contribution in [3.63, 3.8) is 0 Å². The van der Waals surface area contributed by atoms with Gasteiger partial charge in [-0.3, -0.25) is 9.52 Å². The summed E-state index contributed by atoms with van der Waals surface area (Å²) in [5.74, 6) is -0.227.